The van der Waals surface area contributed by atoms with Crippen LogP contribution >= 0.6 is 27.5 Å². The summed E-state index contributed by atoms with van der Waals surface area (Å²) in [6, 6.07) is 5.41. The van der Waals surface area contributed by atoms with Crippen molar-refractivity contribution in [3.05, 3.63) is 52.0 Å². The lowest BCUT2D eigenvalue weighted by Crippen LogP contribution is -2.48. The third kappa shape index (κ3) is 5.14. The van der Waals surface area contributed by atoms with Crippen LogP contribution in [0.25, 0.3) is 0 Å². The van der Waals surface area contributed by atoms with Crippen molar-refractivity contribution in [3.63, 3.8) is 0 Å². The summed E-state index contributed by atoms with van der Waals surface area (Å²) in [4.78, 5) is 22.4. The molecule has 1 aliphatic rings. The largest absolute Gasteiger partial charge is 0.488 e. The maximum Gasteiger partial charge on any atom is 0.227 e. The van der Waals surface area contributed by atoms with E-state index in [4.69, 9.17) is 21.1 Å². The van der Waals surface area contributed by atoms with Gasteiger partial charge in [0.15, 0.2) is 10.9 Å². The van der Waals surface area contributed by atoms with Gasteiger partial charge in [0, 0.05) is 29.6 Å². The quantitative estimate of drug-likeness (QED) is 0.688. The van der Waals surface area contributed by atoms with Gasteiger partial charge in [-0.15, -0.1) is 0 Å². The zero-order chi connectivity index (χ0) is 17.6. The molecule has 1 aliphatic heterocycles. The summed E-state index contributed by atoms with van der Waals surface area (Å²) in [5, 5.41) is 0.313. The van der Waals surface area contributed by atoms with Gasteiger partial charge in [0.2, 0.25) is 5.91 Å². The van der Waals surface area contributed by atoms with Crippen LogP contribution in [-0.4, -0.2) is 53.2 Å². The number of pyridine rings is 2. The van der Waals surface area contributed by atoms with Crippen molar-refractivity contribution >= 4 is 33.4 Å². The minimum Gasteiger partial charge on any atom is -0.488 e. The van der Waals surface area contributed by atoms with E-state index >= 15 is 0 Å². The van der Waals surface area contributed by atoms with Crippen LogP contribution in [0.15, 0.2) is 41.3 Å². The highest BCUT2D eigenvalue weighted by atomic mass is 79.9. The maximum absolute atomic E-state index is 12.5. The second-order valence-electron chi connectivity index (χ2n) is 5.62. The number of hydrogen-bond donors (Lipinski definition) is 0. The number of rotatable bonds is 5. The summed E-state index contributed by atoms with van der Waals surface area (Å²) in [5.41, 5.74) is 0.876. The Bertz CT molecular complexity index is 747. The molecule has 0 aromatic carbocycles. The zero-order valence-corrected chi connectivity index (χ0v) is 15.7. The lowest BCUT2D eigenvalue weighted by molar-refractivity contribution is -0.139. The highest BCUT2D eigenvalue weighted by molar-refractivity contribution is 9.10. The van der Waals surface area contributed by atoms with E-state index in [-0.39, 0.29) is 12.0 Å². The number of ether oxygens (including phenoxy) is 2. The summed E-state index contributed by atoms with van der Waals surface area (Å²) < 4.78 is 12.2. The van der Waals surface area contributed by atoms with E-state index in [0.29, 0.717) is 43.6 Å². The number of hydrogen-bond acceptors (Lipinski definition) is 5. The van der Waals surface area contributed by atoms with Gasteiger partial charge in [-0.2, -0.15) is 0 Å². The van der Waals surface area contributed by atoms with Crippen LogP contribution < -0.4 is 4.74 Å². The molecule has 3 heterocycles. The minimum atomic E-state index is -0.199. The topological polar surface area (TPSA) is 64.6 Å². The number of nitrogens with zero attached hydrogens (tertiary/aromatic N) is 3. The van der Waals surface area contributed by atoms with Crippen molar-refractivity contribution in [1.82, 2.24) is 14.9 Å². The van der Waals surface area contributed by atoms with Crippen LogP contribution in [0.4, 0.5) is 0 Å². The Morgan fingerprint density at radius 2 is 2.36 bits per heavy atom. The normalized spacial score (nSPS) is 17.4. The Kier molecular flexibility index (Phi) is 6.23. The average Bonchev–Trinajstić information content (AvgIpc) is 2.61. The van der Waals surface area contributed by atoms with E-state index < -0.39 is 0 Å². The second kappa shape index (κ2) is 8.60. The smallest absolute Gasteiger partial charge is 0.227 e. The number of halogens is 2. The average molecular weight is 427 g/mol. The van der Waals surface area contributed by atoms with Gasteiger partial charge < -0.3 is 14.4 Å². The molecular formula is C17H17BrClN3O3. The molecule has 132 valence electrons. The number of carbonyl (C=O) groups excluding carboxylic acids is 1. The van der Waals surface area contributed by atoms with Crippen molar-refractivity contribution < 1.29 is 14.3 Å². The predicted octanol–water partition coefficient (Wildman–Crippen LogP) is 2.74. The van der Waals surface area contributed by atoms with Crippen LogP contribution in [0.3, 0.4) is 0 Å². The van der Waals surface area contributed by atoms with Gasteiger partial charge in [-0.1, -0.05) is 11.6 Å². The van der Waals surface area contributed by atoms with Crippen molar-refractivity contribution in [1.29, 1.82) is 0 Å². The monoisotopic (exact) mass is 425 g/mol. The minimum absolute atomic E-state index is 0.0487. The first-order valence-electron chi connectivity index (χ1n) is 7.84. The molecule has 1 amide bonds. The second-order valence-corrected chi connectivity index (χ2v) is 6.90. The van der Waals surface area contributed by atoms with E-state index in [1.807, 2.05) is 6.07 Å². The molecule has 0 aliphatic carbocycles. The summed E-state index contributed by atoms with van der Waals surface area (Å²) in [6.45, 7) is 1.85. The number of carbonyl (C=O) groups is 1. The van der Waals surface area contributed by atoms with E-state index in [1.54, 1.807) is 35.6 Å². The summed E-state index contributed by atoms with van der Waals surface area (Å²) in [5.74, 6) is 0.559. The Morgan fingerprint density at radius 1 is 1.48 bits per heavy atom. The molecule has 6 nitrogen and oxygen atoms in total. The van der Waals surface area contributed by atoms with Crippen LogP contribution in [0.5, 0.6) is 5.75 Å². The Hall–Kier alpha value is -1.70. The summed E-state index contributed by atoms with van der Waals surface area (Å²) in [7, 11) is 0. The Labute approximate surface area is 159 Å². The molecular weight excluding hydrogens is 410 g/mol. The van der Waals surface area contributed by atoms with Crippen molar-refractivity contribution in [2.45, 2.75) is 12.5 Å². The van der Waals surface area contributed by atoms with E-state index in [0.717, 1.165) is 10.0 Å². The van der Waals surface area contributed by atoms with Crippen LogP contribution in [0.2, 0.25) is 5.15 Å². The maximum atomic E-state index is 12.5. The van der Waals surface area contributed by atoms with Crippen molar-refractivity contribution in [2.24, 2.45) is 0 Å². The van der Waals surface area contributed by atoms with Crippen molar-refractivity contribution in [2.75, 3.05) is 26.3 Å². The molecule has 0 bridgehead atoms. The molecule has 1 unspecified atom stereocenters. The fourth-order valence-corrected chi connectivity index (χ4v) is 3.13. The van der Waals surface area contributed by atoms with Crippen LogP contribution in [0.1, 0.15) is 5.56 Å². The fourth-order valence-electron chi connectivity index (χ4n) is 2.55. The zero-order valence-electron chi connectivity index (χ0n) is 13.4. The molecule has 2 aromatic rings. The molecule has 25 heavy (non-hydrogen) atoms. The Morgan fingerprint density at radius 3 is 3.16 bits per heavy atom. The molecule has 0 spiro atoms. The highest BCUT2D eigenvalue weighted by Crippen LogP contribution is 2.21. The number of morpholine rings is 1. The van der Waals surface area contributed by atoms with E-state index in [1.165, 1.54) is 0 Å². The van der Waals surface area contributed by atoms with Crippen LogP contribution in [0, 0.1) is 0 Å². The molecule has 0 saturated carbocycles. The lowest BCUT2D eigenvalue weighted by Gasteiger charge is -2.33. The molecule has 1 atom stereocenters. The lowest BCUT2D eigenvalue weighted by atomic mass is 10.2. The summed E-state index contributed by atoms with van der Waals surface area (Å²) >= 11 is 9.34. The molecule has 1 saturated heterocycles. The molecule has 2 aromatic heterocycles. The molecule has 0 radical (unpaired) electrons. The molecule has 1 fully saturated rings. The SMILES string of the molecule is O=C(Cc1cncc(Br)c1)N1CCOC(COc2cccnc2Cl)C1. The fraction of sp³-hybridized carbons (Fsp3) is 0.353. The van der Waals surface area contributed by atoms with E-state index in [2.05, 4.69) is 25.9 Å². The first-order chi connectivity index (χ1) is 12.1. The van der Waals surface area contributed by atoms with Crippen molar-refractivity contribution in [3.8, 4) is 5.75 Å². The highest BCUT2D eigenvalue weighted by Gasteiger charge is 2.25. The molecule has 3 rings (SSSR count). The molecule has 0 N–H and O–H groups in total. The predicted molar refractivity (Wildman–Crippen MR) is 96.7 cm³/mol. The van der Waals surface area contributed by atoms with Gasteiger partial charge in [0.05, 0.1) is 19.6 Å². The van der Waals surface area contributed by atoms with Gasteiger partial charge in [-0.25, -0.2) is 4.98 Å². The van der Waals surface area contributed by atoms with Gasteiger partial charge in [0.25, 0.3) is 0 Å². The third-order valence-electron chi connectivity index (χ3n) is 3.76. The first-order valence-corrected chi connectivity index (χ1v) is 9.01. The summed E-state index contributed by atoms with van der Waals surface area (Å²) in [6.07, 6.45) is 5.11. The van der Waals surface area contributed by atoms with Gasteiger partial charge in [-0.05, 0) is 39.7 Å². The standard InChI is InChI=1S/C17H17BrClN3O3/c18-13-6-12(8-20-9-13)7-16(23)22-4-5-24-14(10-22)11-25-15-2-1-3-21-17(15)19/h1-3,6,8-9,14H,4-5,7,10-11H2. The molecule has 8 heteroatoms. The van der Waals surface area contributed by atoms with Crippen LogP contribution in [-0.2, 0) is 16.0 Å². The first kappa shape index (κ1) is 18.1. The Balaban J connectivity index is 1.53. The van der Waals surface area contributed by atoms with Gasteiger partial charge >= 0.3 is 0 Å². The number of aromatic nitrogens is 2. The van der Waals surface area contributed by atoms with Gasteiger partial charge in [-0.3, -0.25) is 9.78 Å². The number of amides is 1. The third-order valence-corrected chi connectivity index (χ3v) is 4.48. The van der Waals surface area contributed by atoms with E-state index in [9.17, 15) is 4.79 Å². The van der Waals surface area contributed by atoms with Gasteiger partial charge in [0.1, 0.15) is 12.7 Å².